The van der Waals surface area contributed by atoms with Gasteiger partial charge in [0.2, 0.25) is 0 Å². The molecule has 4 nitrogen and oxygen atoms in total. The third-order valence-electron chi connectivity index (χ3n) is 1.74. The van der Waals surface area contributed by atoms with Crippen molar-refractivity contribution in [3.8, 4) is 0 Å². The molecule has 0 aromatic heterocycles. The summed E-state index contributed by atoms with van der Waals surface area (Å²) in [5.74, 6) is -2.15. The molecule has 1 aliphatic heterocycles. The Morgan fingerprint density at radius 1 is 1.29 bits per heavy atom. The molecule has 0 amide bonds. The van der Waals surface area contributed by atoms with Gasteiger partial charge in [-0.25, -0.2) is 4.79 Å². The molecule has 0 aromatic rings. The van der Waals surface area contributed by atoms with Gasteiger partial charge in [0.1, 0.15) is 0 Å². The molecule has 1 rings (SSSR count). The van der Waals surface area contributed by atoms with Gasteiger partial charge in [-0.05, 0) is 13.0 Å². The van der Waals surface area contributed by atoms with Crippen LogP contribution in [0, 0.1) is 0 Å². The molecular weight excluding hydrogens is 201 g/mol. The van der Waals surface area contributed by atoms with Crippen LogP contribution in [0.5, 0.6) is 0 Å². The van der Waals surface area contributed by atoms with Gasteiger partial charge in [0.15, 0.2) is 0 Å². The number of hydrogen-bond acceptors (Lipinski definition) is 4. The molecule has 0 bridgehead atoms. The molecule has 0 radical (unpaired) electrons. The van der Waals surface area contributed by atoms with Crippen LogP contribution in [0.2, 0.25) is 0 Å². The second kappa shape index (κ2) is 4.61. The van der Waals surface area contributed by atoms with E-state index in [1.54, 1.807) is 0 Å². The Morgan fingerprint density at radius 3 is 2.64 bits per heavy atom. The lowest BCUT2D eigenvalue weighted by molar-refractivity contribution is -0.237. The van der Waals surface area contributed by atoms with E-state index >= 15 is 0 Å². The number of carbonyl (C=O) groups is 1. The van der Waals surface area contributed by atoms with E-state index < -0.39 is 12.1 Å². The Labute approximate surface area is 79.0 Å². The fraction of sp³-hybridized carbons (Fsp3) is 0.857. The Hall–Kier alpha value is -0.820. The first-order valence-corrected chi connectivity index (χ1v) is 4.25. The number of hydrogen-bond donors (Lipinski definition) is 1. The van der Waals surface area contributed by atoms with Crippen LogP contribution in [-0.2, 0) is 9.63 Å². The van der Waals surface area contributed by atoms with Gasteiger partial charge < -0.3 is 10.2 Å². The van der Waals surface area contributed by atoms with E-state index in [0.29, 0.717) is 19.5 Å². The van der Waals surface area contributed by atoms with Crippen LogP contribution in [0.15, 0.2) is 0 Å². The Kier molecular flexibility index (Phi) is 3.70. The molecule has 1 N–H and O–H groups in total. The van der Waals surface area contributed by atoms with Crippen molar-refractivity contribution in [1.29, 1.82) is 0 Å². The van der Waals surface area contributed by atoms with Gasteiger partial charge in [-0.1, -0.05) is 0 Å². The number of hydroxylamine groups is 2. The van der Waals surface area contributed by atoms with Crippen molar-refractivity contribution < 1.29 is 22.8 Å². The topological polar surface area (TPSA) is 41.6 Å². The van der Waals surface area contributed by atoms with Gasteiger partial charge in [0.25, 0.3) is 0 Å². The van der Waals surface area contributed by atoms with E-state index in [9.17, 15) is 18.0 Å². The fourth-order valence-electron chi connectivity index (χ4n) is 1.08. The Bertz CT molecular complexity index is 200. The Balaban J connectivity index is 2.38. The number of halogens is 3. The summed E-state index contributed by atoms with van der Waals surface area (Å²) >= 11 is 0. The van der Waals surface area contributed by atoms with Crippen molar-refractivity contribution >= 4 is 5.97 Å². The predicted molar refractivity (Wildman–Crippen MR) is 41.2 cm³/mol. The molecule has 1 aliphatic rings. The highest BCUT2D eigenvalue weighted by Gasteiger charge is 2.42. The molecule has 1 fully saturated rings. The van der Waals surface area contributed by atoms with E-state index in [2.05, 4.69) is 10.2 Å². The standard InChI is InChI=1S/C7H11F3N2O2/c8-7(9,10)6(13)14-12-4-1-2-11-3-5-12/h11H,1-5H2. The van der Waals surface area contributed by atoms with Crippen LogP contribution in [0.1, 0.15) is 6.42 Å². The first-order valence-electron chi connectivity index (χ1n) is 4.25. The van der Waals surface area contributed by atoms with Crippen LogP contribution >= 0.6 is 0 Å². The maximum Gasteiger partial charge on any atom is 0.492 e. The molecule has 1 saturated heterocycles. The average Bonchev–Trinajstić information content (AvgIpc) is 2.31. The summed E-state index contributed by atoms with van der Waals surface area (Å²) in [6, 6.07) is 0. The third-order valence-corrected chi connectivity index (χ3v) is 1.74. The molecule has 0 saturated carbocycles. The molecule has 0 aromatic carbocycles. The van der Waals surface area contributed by atoms with E-state index in [-0.39, 0.29) is 6.54 Å². The number of nitrogens with zero attached hydrogens (tertiary/aromatic N) is 1. The normalized spacial score (nSPS) is 20.2. The highest BCUT2D eigenvalue weighted by molar-refractivity contribution is 5.75. The maximum absolute atomic E-state index is 11.8. The predicted octanol–water partition coefficient (Wildman–Crippen LogP) is 0.302. The van der Waals surface area contributed by atoms with E-state index in [1.807, 2.05) is 0 Å². The number of rotatable bonds is 1. The lowest BCUT2D eigenvalue weighted by atomic mass is 10.4. The Morgan fingerprint density at radius 2 is 2.00 bits per heavy atom. The van der Waals surface area contributed by atoms with Gasteiger partial charge >= 0.3 is 12.1 Å². The lowest BCUT2D eigenvalue weighted by Crippen LogP contribution is -2.36. The summed E-state index contributed by atoms with van der Waals surface area (Å²) in [6.07, 6.45) is -4.26. The highest BCUT2D eigenvalue weighted by Crippen LogP contribution is 2.17. The van der Waals surface area contributed by atoms with Crippen molar-refractivity contribution in [2.75, 3.05) is 26.2 Å². The van der Waals surface area contributed by atoms with E-state index in [4.69, 9.17) is 0 Å². The minimum atomic E-state index is -4.92. The van der Waals surface area contributed by atoms with Crippen molar-refractivity contribution in [1.82, 2.24) is 10.4 Å². The van der Waals surface area contributed by atoms with Crippen molar-refractivity contribution in [3.63, 3.8) is 0 Å². The lowest BCUT2D eigenvalue weighted by Gasteiger charge is -2.18. The first kappa shape index (κ1) is 11.3. The molecule has 82 valence electrons. The highest BCUT2D eigenvalue weighted by atomic mass is 19.4. The second-order valence-corrected chi connectivity index (χ2v) is 2.91. The van der Waals surface area contributed by atoms with Crippen LogP contribution in [-0.4, -0.2) is 43.4 Å². The molecule has 0 atom stereocenters. The minimum Gasteiger partial charge on any atom is -0.361 e. The zero-order valence-electron chi connectivity index (χ0n) is 7.43. The molecule has 0 spiro atoms. The fourth-order valence-corrected chi connectivity index (χ4v) is 1.08. The molecule has 14 heavy (non-hydrogen) atoms. The summed E-state index contributed by atoms with van der Waals surface area (Å²) in [6.45, 7) is 1.85. The molecule has 0 unspecified atom stereocenters. The monoisotopic (exact) mass is 212 g/mol. The smallest absolute Gasteiger partial charge is 0.361 e. The number of alkyl halides is 3. The van der Waals surface area contributed by atoms with E-state index in [0.717, 1.165) is 11.6 Å². The zero-order chi connectivity index (χ0) is 10.6. The second-order valence-electron chi connectivity index (χ2n) is 2.91. The summed E-state index contributed by atoms with van der Waals surface area (Å²) < 4.78 is 35.4. The zero-order valence-corrected chi connectivity index (χ0v) is 7.43. The van der Waals surface area contributed by atoms with E-state index in [1.165, 1.54) is 0 Å². The minimum absolute atomic E-state index is 0.280. The van der Waals surface area contributed by atoms with Gasteiger partial charge in [0, 0.05) is 19.6 Å². The number of carbonyl (C=O) groups excluding carboxylic acids is 1. The quantitative estimate of drug-likeness (QED) is 0.678. The summed E-state index contributed by atoms with van der Waals surface area (Å²) in [5.41, 5.74) is 0. The summed E-state index contributed by atoms with van der Waals surface area (Å²) in [5, 5.41) is 4.01. The van der Waals surface area contributed by atoms with Gasteiger partial charge in [-0.2, -0.15) is 13.2 Å². The average molecular weight is 212 g/mol. The molecular formula is C7H11F3N2O2. The maximum atomic E-state index is 11.8. The molecule has 0 aliphatic carbocycles. The van der Waals surface area contributed by atoms with Crippen molar-refractivity contribution in [3.05, 3.63) is 0 Å². The van der Waals surface area contributed by atoms with Gasteiger partial charge in [0.05, 0.1) is 0 Å². The molecule has 7 heteroatoms. The number of nitrogens with one attached hydrogen (secondary N) is 1. The van der Waals surface area contributed by atoms with Gasteiger partial charge in [-0.15, -0.1) is 5.06 Å². The molecule has 1 heterocycles. The summed E-state index contributed by atoms with van der Waals surface area (Å²) in [7, 11) is 0. The van der Waals surface area contributed by atoms with Crippen LogP contribution < -0.4 is 5.32 Å². The van der Waals surface area contributed by atoms with Crippen molar-refractivity contribution in [2.24, 2.45) is 0 Å². The van der Waals surface area contributed by atoms with Crippen LogP contribution in [0.3, 0.4) is 0 Å². The first-order chi connectivity index (χ1) is 6.50. The van der Waals surface area contributed by atoms with Crippen molar-refractivity contribution in [2.45, 2.75) is 12.6 Å². The van der Waals surface area contributed by atoms with Crippen LogP contribution in [0.4, 0.5) is 13.2 Å². The largest absolute Gasteiger partial charge is 0.492 e. The SMILES string of the molecule is O=C(ON1CCCNCC1)C(F)(F)F. The third kappa shape index (κ3) is 3.51. The summed E-state index contributed by atoms with van der Waals surface area (Å²) in [4.78, 5) is 14.6. The van der Waals surface area contributed by atoms with Crippen LogP contribution in [0.25, 0.3) is 0 Å². The van der Waals surface area contributed by atoms with Gasteiger partial charge in [-0.3, -0.25) is 0 Å².